The number of nitrogens with zero attached hydrogens (tertiary/aromatic N) is 5. The molecule has 18 heteroatoms. The highest BCUT2D eigenvalue weighted by molar-refractivity contribution is 7.87. The number of hydrogen-bond donors (Lipinski definition) is 3. The molecule has 3 rings (SSSR count). The number of carboxylic acids is 1. The van der Waals surface area contributed by atoms with Gasteiger partial charge in [0.05, 0.1) is 0 Å². The molecule has 35 heavy (non-hydrogen) atoms. The molecule has 1 saturated heterocycles. The minimum atomic E-state index is -5.08. The summed E-state index contributed by atoms with van der Waals surface area (Å²) in [5.41, 5.74) is 0.577. The van der Waals surface area contributed by atoms with Gasteiger partial charge in [0.25, 0.3) is 10.2 Å². The van der Waals surface area contributed by atoms with Crippen molar-refractivity contribution in [1.82, 2.24) is 28.6 Å². The predicted molar refractivity (Wildman–Crippen MR) is 110 cm³/mol. The molecule has 0 radical (unpaired) electrons. The topological polar surface area (TPSA) is 142 Å². The van der Waals surface area contributed by atoms with Gasteiger partial charge in [-0.2, -0.15) is 43.8 Å². The Morgan fingerprint density at radius 3 is 2.23 bits per heavy atom. The first-order chi connectivity index (χ1) is 16.0. The number of nitrogens with one attached hydrogen (secondary N) is 2. The van der Waals surface area contributed by atoms with Gasteiger partial charge in [0, 0.05) is 37.4 Å². The number of rotatable bonds is 6. The Kier molecular flexibility index (Phi) is 8.88. The Morgan fingerprint density at radius 2 is 1.74 bits per heavy atom. The van der Waals surface area contributed by atoms with E-state index in [1.807, 2.05) is 18.2 Å². The third-order valence-electron chi connectivity index (χ3n) is 4.70. The summed E-state index contributed by atoms with van der Waals surface area (Å²) >= 11 is 0. The average Bonchev–Trinajstić information content (AvgIpc) is 3.18. The highest BCUT2D eigenvalue weighted by atomic mass is 32.2. The van der Waals surface area contributed by atoms with E-state index in [0.717, 1.165) is 10.1 Å². The predicted octanol–water partition coefficient (Wildman–Crippen LogP) is 2.15. The molecule has 3 N–H and O–H groups in total. The first kappa shape index (κ1) is 28.5. The fourth-order valence-electron chi connectivity index (χ4n) is 3.04. The van der Waals surface area contributed by atoms with E-state index >= 15 is 0 Å². The summed E-state index contributed by atoms with van der Waals surface area (Å²) in [6, 6.07) is -0.0769. The molecule has 198 valence electrons. The summed E-state index contributed by atoms with van der Waals surface area (Å²) in [6.45, 7) is 2.65. The van der Waals surface area contributed by atoms with Crippen LogP contribution in [0.5, 0.6) is 0 Å². The van der Waals surface area contributed by atoms with E-state index in [0.29, 0.717) is 24.3 Å². The van der Waals surface area contributed by atoms with Gasteiger partial charge in [-0.1, -0.05) is 13.8 Å². The second-order valence-corrected chi connectivity index (χ2v) is 9.50. The molecular weight excluding hydrogens is 512 g/mol. The largest absolute Gasteiger partial charge is 0.490 e. The summed E-state index contributed by atoms with van der Waals surface area (Å²) in [6.07, 6.45) is -5.41. The van der Waals surface area contributed by atoms with E-state index in [4.69, 9.17) is 9.90 Å². The van der Waals surface area contributed by atoms with Crippen molar-refractivity contribution in [2.45, 2.75) is 51.0 Å². The normalized spacial score (nSPS) is 16.3. The smallest absolute Gasteiger partial charge is 0.475 e. The Hall–Kier alpha value is -2.73. The molecule has 0 bridgehead atoms. The maximum atomic E-state index is 12.3. The maximum absolute atomic E-state index is 12.3. The van der Waals surface area contributed by atoms with Crippen LogP contribution in [0.4, 0.5) is 32.2 Å². The minimum absolute atomic E-state index is 0.0769. The zero-order valence-electron chi connectivity index (χ0n) is 18.4. The van der Waals surface area contributed by atoms with Crippen molar-refractivity contribution in [3.63, 3.8) is 0 Å². The van der Waals surface area contributed by atoms with E-state index in [1.165, 1.54) is 0 Å². The molecule has 0 aromatic carbocycles. The first-order valence-corrected chi connectivity index (χ1v) is 11.5. The summed E-state index contributed by atoms with van der Waals surface area (Å²) in [7, 11) is -4.16. The lowest BCUT2D eigenvalue weighted by atomic mass is 10.1. The van der Waals surface area contributed by atoms with Gasteiger partial charge in [0.2, 0.25) is 5.65 Å². The second kappa shape index (κ2) is 10.9. The van der Waals surface area contributed by atoms with Crippen LogP contribution in [0.2, 0.25) is 0 Å². The number of aliphatic carboxylic acids is 1. The van der Waals surface area contributed by atoms with Crippen LogP contribution in [0.15, 0.2) is 12.4 Å². The summed E-state index contributed by atoms with van der Waals surface area (Å²) in [5.74, 6) is -1.23. The van der Waals surface area contributed by atoms with Crippen LogP contribution in [0, 0.1) is 0 Å². The van der Waals surface area contributed by atoms with Crippen molar-refractivity contribution in [3.8, 4) is 0 Å². The lowest BCUT2D eigenvalue weighted by molar-refractivity contribution is -0.192. The minimum Gasteiger partial charge on any atom is -0.475 e. The molecule has 1 aliphatic rings. The summed E-state index contributed by atoms with van der Waals surface area (Å²) < 4.78 is 97.0. The van der Waals surface area contributed by atoms with Crippen molar-refractivity contribution < 1.29 is 44.7 Å². The van der Waals surface area contributed by atoms with Crippen molar-refractivity contribution in [3.05, 3.63) is 18.2 Å². The molecular formula is C17H23F6N7O4S. The molecule has 0 atom stereocenters. The van der Waals surface area contributed by atoms with Crippen LogP contribution in [0.25, 0.3) is 5.65 Å². The number of hydrogen-bond acceptors (Lipinski definition) is 7. The number of alkyl halides is 6. The zero-order chi connectivity index (χ0) is 26.6. The standard InChI is InChI=1S/C15H22F3N7O2S.C2HF3O2/c1-10(2)13-22-23-14-12(19-5-8-25(13)14)21-11-3-6-24(7-4-11)28(26,27)20-9-15(16,17)18;3-2(4,5)1(6)7/h5,8,10-11,20H,3-4,6-7,9H2,1-2H3,(H,19,21);(H,6,7). The number of carboxylic acid groups (broad SMARTS) is 1. The van der Waals surface area contributed by atoms with E-state index < -0.39 is 35.1 Å². The molecule has 3 heterocycles. The van der Waals surface area contributed by atoms with Crippen LogP contribution < -0.4 is 10.0 Å². The molecule has 1 aliphatic heterocycles. The van der Waals surface area contributed by atoms with E-state index in [2.05, 4.69) is 20.5 Å². The number of piperidine rings is 1. The third kappa shape index (κ3) is 8.17. The molecule has 0 aliphatic carbocycles. The molecule has 0 amide bonds. The Morgan fingerprint density at radius 1 is 1.17 bits per heavy atom. The fraction of sp³-hybridized carbons (Fsp3) is 0.647. The molecule has 0 spiro atoms. The number of carbonyl (C=O) groups is 1. The molecule has 0 unspecified atom stereocenters. The quantitative estimate of drug-likeness (QED) is 0.478. The van der Waals surface area contributed by atoms with Crippen molar-refractivity contribution in [2.75, 3.05) is 25.0 Å². The van der Waals surface area contributed by atoms with E-state index in [-0.39, 0.29) is 25.0 Å². The van der Waals surface area contributed by atoms with Gasteiger partial charge in [0.15, 0.2) is 5.82 Å². The Labute approximate surface area is 195 Å². The van der Waals surface area contributed by atoms with Gasteiger partial charge in [0.1, 0.15) is 12.4 Å². The number of anilines is 1. The van der Waals surface area contributed by atoms with Gasteiger partial charge in [-0.05, 0) is 12.8 Å². The highest BCUT2D eigenvalue weighted by Gasteiger charge is 2.38. The van der Waals surface area contributed by atoms with Gasteiger partial charge >= 0.3 is 18.3 Å². The number of aromatic nitrogens is 4. The molecule has 2 aromatic rings. The molecule has 1 fully saturated rings. The lowest BCUT2D eigenvalue weighted by Gasteiger charge is -2.31. The van der Waals surface area contributed by atoms with E-state index in [1.54, 1.807) is 17.1 Å². The van der Waals surface area contributed by atoms with Gasteiger partial charge in [-0.15, -0.1) is 10.2 Å². The Bertz CT molecular complexity index is 1110. The van der Waals surface area contributed by atoms with Crippen LogP contribution in [-0.4, -0.2) is 81.4 Å². The van der Waals surface area contributed by atoms with Gasteiger partial charge < -0.3 is 10.4 Å². The Balaban J connectivity index is 0.000000540. The maximum Gasteiger partial charge on any atom is 0.490 e. The van der Waals surface area contributed by atoms with Crippen LogP contribution in [-0.2, 0) is 15.0 Å². The zero-order valence-corrected chi connectivity index (χ0v) is 19.2. The summed E-state index contributed by atoms with van der Waals surface area (Å²) in [4.78, 5) is 13.2. The van der Waals surface area contributed by atoms with Gasteiger partial charge in [-0.3, -0.25) is 4.40 Å². The SMILES string of the molecule is CC(C)c1nnc2c(NC3CCN(S(=O)(=O)NCC(F)(F)F)CC3)nccn12.O=C(O)C(F)(F)F. The average molecular weight is 535 g/mol. The number of halogens is 6. The fourth-order valence-corrected chi connectivity index (χ4v) is 4.26. The number of fused-ring (bicyclic) bond motifs is 1. The van der Waals surface area contributed by atoms with Crippen LogP contribution >= 0.6 is 0 Å². The van der Waals surface area contributed by atoms with Crippen molar-refractivity contribution in [2.24, 2.45) is 0 Å². The van der Waals surface area contributed by atoms with Crippen molar-refractivity contribution >= 4 is 27.6 Å². The van der Waals surface area contributed by atoms with E-state index in [9.17, 15) is 34.8 Å². The second-order valence-electron chi connectivity index (χ2n) is 7.74. The highest BCUT2D eigenvalue weighted by Crippen LogP contribution is 2.22. The molecule has 11 nitrogen and oxygen atoms in total. The third-order valence-corrected chi connectivity index (χ3v) is 6.26. The lowest BCUT2D eigenvalue weighted by Crippen LogP contribution is -2.49. The molecule has 2 aromatic heterocycles. The first-order valence-electron chi connectivity index (χ1n) is 10.1. The van der Waals surface area contributed by atoms with Crippen LogP contribution in [0.1, 0.15) is 38.4 Å². The van der Waals surface area contributed by atoms with Crippen LogP contribution in [0.3, 0.4) is 0 Å². The summed E-state index contributed by atoms with van der Waals surface area (Å²) in [5, 5.41) is 18.7. The van der Waals surface area contributed by atoms with Gasteiger partial charge in [-0.25, -0.2) is 9.78 Å². The monoisotopic (exact) mass is 535 g/mol. The van der Waals surface area contributed by atoms with Crippen molar-refractivity contribution in [1.29, 1.82) is 0 Å². The molecule has 0 saturated carbocycles.